The molecular weight excluding hydrogens is 290 g/mol. The first-order chi connectivity index (χ1) is 9.45. The lowest BCUT2D eigenvalue weighted by molar-refractivity contribution is -0.126. The zero-order valence-corrected chi connectivity index (χ0v) is 13.3. The molecule has 0 fully saturated rings. The molecule has 1 unspecified atom stereocenters. The Hall–Kier alpha value is -1.59. The lowest BCUT2D eigenvalue weighted by Crippen LogP contribution is -2.51. The van der Waals surface area contributed by atoms with Crippen molar-refractivity contribution in [2.45, 2.75) is 38.6 Å². The van der Waals surface area contributed by atoms with Crippen molar-refractivity contribution < 1.29 is 9.59 Å². The zero-order valence-electron chi connectivity index (χ0n) is 12.5. The molecule has 0 heterocycles. The van der Waals surface area contributed by atoms with E-state index in [1.165, 1.54) is 0 Å². The molecule has 1 aromatic rings. The highest BCUT2D eigenvalue weighted by molar-refractivity contribution is 5.91. The van der Waals surface area contributed by atoms with E-state index in [1.807, 2.05) is 37.3 Å². The number of carbonyl (C=O) groups excluding carboxylic acids is 2. The number of nitrogens with one attached hydrogen (secondary N) is 2. The number of benzene rings is 1. The smallest absolute Gasteiger partial charge is 0.239 e. The maximum atomic E-state index is 11.8. The third kappa shape index (κ3) is 7.11. The first-order valence-electron chi connectivity index (χ1n) is 6.88. The molecule has 118 valence electrons. The van der Waals surface area contributed by atoms with E-state index in [0.29, 0.717) is 6.42 Å². The van der Waals surface area contributed by atoms with E-state index in [9.17, 15) is 9.59 Å². The fraction of sp³-hybridized carbons (Fsp3) is 0.467. The van der Waals surface area contributed by atoms with Gasteiger partial charge in [0.15, 0.2) is 0 Å². The largest absolute Gasteiger partial charge is 0.354 e. The van der Waals surface area contributed by atoms with Gasteiger partial charge in [-0.3, -0.25) is 9.59 Å². The third-order valence-corrected chi connectivity index (χ3v) is 2.98. The van der Waals surface area contributed by atoms with Gasteiger partial charge in [0.1, 0.15) is 0 Å². The Balaban J connectivity index is 0.00000400. The van der Waals surface area contributed by atoms with Crippen molar-refractivity contribution in [1.29, 1.82) is 0 Å². The second-order valence-electron chi connectivity index (χ2n) is 5.09. The minimum Gasteiger partial charge on any atom is -0.354 e. The van der Waals surface area contributed by atoms with Crippen LogP contribution in [-0.2, 0) is 9.59 Å². The van der Waals surface area contributed by atoms with E-state index < -0.39 is 5.54 Å². The van der Waals surface area contributed by atoms with Crippen molar-refractivity contribution in [3.05, 3.63) is 30.3 Å². The summed E-state index contributed by atoms with van der Waals surface area (Å²) in [4.78, 5) is 23.5. The SMILES string of the molecule is CCCC(C)(N)C(=O)NCCC(=O)Nc1ccccc1.Cl. The number of halogens is 1. The Morgan fingerprint density at radius 3 is 2.43 bits per heavy atom. The second kappa shape index (κ2) is 9.37. The van der Waals surface area contributed by atoms with Gasteiger partial charge in [0, 0.05) is 18.7 Å². The lowest BCUT2D eigenvalue weighted by atomic mass is 9.96. The Morgan fingerprint density at radius 1 is 1.24 bits per heavy atom. The summed E-state index contributed by atoms with van der Waals surface area (Å²) in [7, 11) is 0. The Kier molecular flexibility index (Phi) is 8.66. The quantitative estimate of drug-likeness (QED) is 0.720. The molecule has 0 saturated carbocycles. The molecule has 1 aromatic carbocycles. The van der Waals surface area contributed by atoms with Crippen molar-refractivity contribution in [2.24, 2.45) is 5.73 Å². The van der Waals surface area contributed by atoms with Crippen molar-refractivity contribution in [3.63, 3.8) is 0 Å². The van der Waals surface area contributed by atoms with E-state index in [-0.39, 0.29) is 37.2 Å². The summed E-state index contributed by atoms with van der Waals surface area (Å²) in [6.07, 6.45) is 1.69. The molecule has 21 heavy (non-hydrogen) atoms. The number of anilines is 1. The molecule has 0 aromatic heterocycles. The Bertz CT molecular complexity index is 449. The van der Waals surface area contributed by atoms with Crippen molar-refractivity contribution in [1.82, 2.24) is 5.32 Å². The summed E-state index contributed by atoms with van der Waals surface area (Å²) in [5, 5.41) is 5.46. The van der Waals surface area contributed by atoms with Gasteiger partial charge in [0.25, 0.3) is 0 Å². The number of rotatable bonds is 7. The summed E-state index contributed by atoms with van der Waals surface area (Å²) in [6.45, 7) is 3.97. The van der Waals surface area contributed by atoms with Gasteiger partial charge < -0.3 is 16.4 Å². The number of hydrogen-bond acceptors (Lipinski definition) is 3. The van der Waals surface area contributed by atoms with Gasteiger partial charge in [-0.1, -0.05) is 31.5 Å². The minimum atomic E-state index is -0.870. The molecule has 0 aliphatic heterocycles. The van der Waals surface area contributed by atoms with E-state index in [2.05, 4.69) is 10.6 Å². The van der Waals surface area contributed by atoms with E-state index in [1.54, 1.807) is 6.92 Å². The van der Waals surface area contributed by atoms with Crippen LogP contribution < -0.4 is 16.4 Å². The average molecular weight is 314 g/mol. The topological polar surface area (TPSA) is 84.2 Å². The molecule has 0 saturated heterocycles. The van der Waals surface area contributed by atoms with Crippen molar-refractivity contribution in [2.75, 3.05) is 11.9 Å². The summed E-state index contributed by atoms with van der Waals surface area (Å²) >= 11 is 0. The zero-order chi connectivity index (χ0) is 15.0. The standard InChI is InChI=1S/C15H23N3O2.ClH/c1-3-10-15(2,16)14(20)17-11-9-13(19)18-12-7-5-4-6-8-12;/h4-8H,3,9-11,16H2,1-2H3,(H,17,20)(H,18,19);1H. The van der Waals surface area contributed by atoms with Gasteiger partial charge in [-0.05, 0) is 25.5 Å². The molecule has 6 heteroatoms. The van der Waals surface area contributed by atoms with E-state index in [4.69, 9.17) is 5.73 Å². The maximum absolute atomic E-state index is 11.8. The van der Waals surface area contributed by atoms with Crippen LogP contribution in [-0.4, -0.2) is 23.9 Å². The Morgan fingerprint density at radius 2 is 1.86 bits per heavy atom. The van der Waals surface area contributed by atoms with Crippen LogP contribution in [0.5, 0.6) is 0 Å². The van der Waals surface area contributed by atoms with Crippen LogP contribution >= 0.6 is 12.4 Å². The predicted octanol–water partition coefficient (Wildman–Crippen LogP) is 2.07. The Labute approximate surface area is 132 Å². The molecule has 1 atom stereocenters. The minimum absolute atomic E-state index is 0. The van der Waals surface area contributed by atoms with Crippen molar-refractivity contribution >= 4 is 29.9 Å². The fourth-order valence-electron chi connectivity index (χ4n) is 1.87. The van der Waals surface area contributed by atoms with Crippen LogP contribution in [0.4, 0.5) is 5.69 Å². The summed E-state index contributed by atoms with van der Waals surface area (Å²) in [6, 6.07) is 9.21. The molecular formula is C15H24ClN3O2. The highest BCUT2D eigenvalue weighted by Crippen LogP contribution is 2.08. The summed E-state index contributed by atoms with van der Waals surface area (Å²) in [5.41, 5.74) is 5.78. The predicted molar refractivity (Wildman–Crippen MR) is 87.4 cm³/mol. The van der Waals surface area contributed by atoms with Crippen LogP contribution in [0, 0.1) is 0 Å². The van der Waals surface area contributed by atoms with E-state index in [0.717, 1.165) is 12.1 Å². The number of para-hydroxylation sites is 1. The highest BCUT2D eigenvalue weighted by Gasteiger charge is 2.26. The molecule has 5 nitrogen and oxygen atoms in total. The van der Waals surface area contributed by atoms with Crippen LogP contribution in [0.15, 0.2) is 30.3 Å². The average Bonchev–Trinajstić information content (AvgIpc) is 2.39. The molecule has 0 radical (unpaired) electrons. The molecule has 0 aliphatic carbocycles. The van der Waals surface area contributed by atoms with Crippen molar-refractivity contribution in [3.8, 4) is 0 Å². The first kappa shape index (κ1) is 19.4. The van der Waals surface area contributed by atoms with Gasteiger partial charge >= 0.3 is 0 Å². The molecule has 0 bridgehead atoms. The molecule has 2 amide bonds. The summed E-state index contributed by atoms with van der Waals surface area (Å²) < 4.78 is 0. The van der Waals surface area contributed by atoms with E-state index >= 15 is 0 Å². The van der Waals surface area contributed by atoms with Crippen LogP contribution in [0.25, 0.3) is 0 Å². The van der Waals surface area contributed by atoms with Gasteiger partial charge in [-0.15, -0.1) is 12.4 Å². The third-order valence-electron chi connectivity index (χ3n) is 2.98. The van der Waals surface area contributed by atoms with Gasteiger partial charge in [-0.25, -0.2) is 0 Å². The molecule has 0 spiro atoms. The fourth-order valence-corrected chi connectivity index (χ4v) is 1.87. The second-order valence-corrected chi connectivity index (χ2v) is 5.09. The normalized spacial score (nSPS) is 12.7. The van der Waals surface area contributed by atoms with Gasteiger partial charge in [-0.2, -0.15) is 0 Å². The first-order valence-corrected chi connectivity index (χ1v) is 6.88. The lowest BCUT2D eigenvalue weighted by Gasteiger charge is -2.22. The maximum Gasteiger partial charge on any atom is 0.239 e. The van der Waals surface area contributed by atoms with Gasteiger partial charge in [0.2, 0.25) is 11.8 Å². The summed E-state index contributed by atoms with van der Waals surface area (Å²) in [5.74, 6) is -0.349. The number of nitrogens with two attached hydrogens (primary N) is 1. The highest BCUT2D eigenvalue weighted by atomic mass is 35.5. The van der Waals surface area contributed by atoms with Crippen LogP contribution in [0.3, 0.4) is 0 Å². The van der Waals surface area contributed by atoms with Crippen LogP contribution in [0.2, 0.25) is 0 Å². The molecule has 4 N–H and O–H groups in total. The molecule has 0 aliphatic rings. The monoisotopic (exact) mass is 313 g/mol. The number of hydrogen-bond donors (Lipinski definition) is 3. The number of carbonyl (C=O) groups is 2. The van der Waals surface area contributed by atoms with Gasteiger partial charge in [0.05, 0.1) is 5.54 Å². The number of amides is 2. The molecule has 1 rings (SSSR count). The van der Waals surface area contributed by atoms with Crippen LogP contribution in [0.1, 0.15) is 33.1 Å².